The number of amides is 1. The lowest BCUT2D eigenvalue weighted by molar-refractivity contribution is -0.151. The van der Waals surface area contributed by atoms with Gasteiger partial charge in [-0.3, -0.25) is 14.4 Å². The molecule has 0 radical (unpaired) electrons. The van der Waals surface area contributed by atoms with Gasteiger partial charge in [0.1, 0.15) is 0 Å². The van der Waals surface area contributed by atoms with Crippen molar-refractivity contribution in [1.82, 2.24) is 0 Å². The molecular formula is C24H25NO6. The maximum atomic E-state index is 12.5. The second-order valence-electron chi connectivity index (χ2n) is 7.40. The lowest BCUT2D eigenvalue weighted by atomic mass is 10.1. The molecule has 0 aromatic heterocycles. The molecule has 0 N–H and O–H groups in total. The molecule has 1 fully saturated rings. The molecule has 3 rings (SSSR count). The monoisotopic (exact) mass is 423 g/mol. The van der Waals surface area contributed by atoms with Crippen LogP contribution in [-0.4, -0.2) is 42.9 Å². The number of anilines is 1. The highest BCUT2D eigenvalue weighted by molar-refractivity contribution is 6.02. The molecule has 0 aliphatic carbocycles. The standard InChI is InChI=1S/C24H25NO6/c1-3-13-30-23(28)18-9-11-20(12-10-18)25-15-19(14-21(25)26)24(29)31-16(2)22(27)17-7-5-4-6-8-17/h4-12,16,19H,3,13-15H2,1-2H3/t16-,19-/m0/s1. The first kappa shape index (κ1) is 22.2. The van der Waals surface area contributed by atoms with Gasteiger partial charge in [-0.2, -0.15) is 0 Å². The second-order valence-corrected chi connectivity index (χ2v) is 7.40. The third-order valence-corrected chi connectivity index (χ3v) is 5.03. The van der Waals surface area contributed by atoms with Crippen LogP contribution in [0.3, 0.4) is 0 Å². The van der Waals surface area contributed by atoms with Gasteiger partial charge in [-0.05, 0) is 37.6 Å². The third kappa shape index (κ3) is 5.36. The van der Waals surface area contributed by atoms with Crippen molar-refractivity contribution in [1.29, 1.82) is 0 Å². The minimum atomic E-state index is -0.938. The molecule has 2 aromatic rings. The molecule has 31 heavy (non-hydrogen) atoms. The van der Waals surface area contributed by atoms with Gasteiger partial charge < -0.3 is 14.4 Å². The number of benzene rings is 2. The van der Waals surface area contributed by atoms with Crippen molar-refractivity contribution >= 4 is 29.3 Å². The van der Waals surface area contributed by atoms with Gasteiger partial charge in [0.05, 0.1) is 18.1 Å². The van der Waals surface area contributed by atoms with Gasteiger partial charge in [0.2, 0.25) is 11.7 Å². The molecule has 1 saturated heterocycles. The highest BCUT2D eigenvalue weighted by Crippen LogP contribution is 2.27. The number of carbonyl (C=O) groups is 4. The van der Waals surface area contributed by atoms with Crippen molar-refractivity contribution in [2.24, 2.45) is 5.92 Å². The summed E-state index contributed by atoms with van der Waals surface area (Å²) in [4.78, 5) is 50.8. The molecule has 2 aromatic carbocycles. The van der Waals surface area contributed by atoms with Crippen LogP contribution in [0, 0.1) is 5.92 Å². The Morgan fingerprint density at radius 3 is 2.35 bits per heavy atom. The first-order valence-electron chi connectivity index (χ1n) is 10.3. The van der Waals surface area contributed by atoms with E-state index in [1.165, 1.54) is 11.8 Å². The molecule has 0 saturated carbocycles. The predicted molar refractivity (Wildman–Crippen MR) is 114 cm³/mol. The summed E-state index contributed by atoms with van der Waals surface area (Å²) in [5.41, 5.74) is 1.44. The van der Waals surface area contributed by atoms with Crippen molar-refractivity contribution < 1.29 is 28.7 Å². The minimum absolute atomic E-state index is 0.00533. The molecule has 0 bridgehead atoms. The molecule has 0 unspecified atom stereocenters. The van der Waals surface area contributed by atoms with E-state index in [-0.39, 0.29) is 24.7 Å². The van der Waals surface area contributed by atoms with Gasteiger partial charge >= 0.3 is 11.9 Å². The second kappa shape index (κ2) is 10.0. The topological polar surface area (TPSA) is 90.0 Å². The van der Waals surface area contributed by atoms with Gasteiger partial charge in [-0.1, -0.05) is 37.3 Å². The zero-order chi connectivity index (χ0) is 22.4. The third-order valence-electron chi connectivity index (χ3n) is 5.03. The van der Waals surface area contributed by atoms with Crippen LogP contribution >= 0.6 is 0 Å². The maximum absolute atomic E-state index is 12.5. The van der Waals surface area contributed by atoms with Crippen molar-refractivity contribution in [3.63, 3.8) is 0 Å². The molecule has 1 amide bonds. The Kier molecular flexibility index (Phi) is 7.18. The first-order valence-corrected chi connectivity index (χ1v) is 10.3. The van der Waals surface area contributed by atoms with E-state index in [9.17, 15) is 19.2 Å². The number of nitrogens with zero attached hydrogens (tertiary/aromatic N) is 1. The summed E-state index contributed by atoms with van der Waals surface area (Å²) in [6, 6.07) is 15.1. The zero-order valence-corrected chi connectivity index (χ0v) is 17.6. The summed E-state index contributed by atoms with van der Waals surface area (Å²) in [6.07, 6.45) is -0.197. The summed E-state index contributed by atoms with van der Waals surface area (Å²) in [5.74, 6) is -2.16. The number of rotatable bonds is 8. The largest absolute Gasteiger partial charge is 0.462 e. The molecular weight excluding hydrogens is 398 g/mol. The highest BCUT2D eigenvalue weighted by Gasteiger charge is 2.37. The molecule has 162 valence electrons. The summed E-state index contributed by atoms with van der Waals surface area (Å²) in [6.45, 7) is 3.94. The van der Waals surface area contributed by atoms with Crippen LogP contribution in [0.2, 0.25) is 0 Å². The highest BCUT2D eigenvalue weighted by atomic mass is 16.5. The van der Waals surface area contributed by atoms with E-state index in [0.717, 1.165) is 6.42 Å². The van der Waals surface area contributed by atoms with Gasteiger partial charge in [-0.25, -0.2) is 4.79 Å². The van der Waals surface area contributed by atoms with Crippen LogP contribution in [0.4, 0.5) is 5.69 Å². The lowest BCUT2D eigenvalue weighted by Gasteiger charge is -2.18. The average molecular weight is 423 g/mol. The summed E-state index contributed by atoms with van der Waals surface area (Å²) >= 11 is 0. The van der Waals surface area contributed by atoms with Crippen LogP contribution in [0.5, 0.6) is 0 Å². The van der Waals surface area contributed by atoms with E-state index in [2.05, 4.69) is 0 Å². The van der Waals surface area contributed by atoms with Crippen molar-refractivity contribution in [3.8, 4) is 0 Å². The SMILES string of the molecule is CCCOC(=O)c1ccc(N2C[C@@H](C(=O)O[C@@H](C)C(=O)c3ccccc3)CC2=O)cc1. The van der Waals surface area contributed by atoms with Gasteiger partial charge in [0.15, 0.2) is 6.10 Å². The predicted octanol–water partition coefficient (Wildman–Crippen LogP) is 3.42. The first-order chi connectivity index (χ1) is 14.9. The Bertz CT molecular complexity index is 954. The van der Waals surface area contributed by atoms with E-state index in [4.69, 9.17) is 9.47 Å². The van der Waals surface area contributed by atoms with E-state index in [1.54, 1.807) is 54.6 Å². The number of ether oxygens (including phenoxy) is 2. The molecule has 0 spiro atoms. The molecule has 2 atom stereocenters. The zero-order valence-electron chi connectivity index (χ0n) is 17.6. The lowest BCUT2D eigenvalue weighted by Crippen LogP contribution is -2.30. The quantitative estimate of drug-likeness (QED) is 0.477. The summed E-state index contributed by atoms with van der Waals surface area (Å²) in [5, 5.41) is 0. The smallest absolute Gasteiger partial charge is 0.338 e. The van der Waals surface area contributed by atoms with Crippen LogP contribution in [0.1, 0.15) is 47.4 Å². The molecule has 1 heterocycles. The van der Waals surface area contributed by atoms with Crippen molar-refractivity contribution in [2.45, 2.75) is 32.8 Å². The molecule has 1 aliphatic heterocycles. The van der Waals surface area contributed by atoms with E-state index in [1.807, 2.05) is 6.92 Å². The minimum Gasteiger partial charge on any atom is -0.462 e. The van der Waals surface area contributed by atoms with Crippen LogP contribution in [0.15, 0.2) is 54.6 Å². The fraction of sp³-hybridized carbons (Fsp3) is 0.333. The van der Waals surface area contributed by atoms with Crippen LogP contribution in [0.25, 0.3) is 0 Å². The number of ketones is 1. The fourth-order valence-corrected chi connectivity index (χ4v) is 3.33. The van der Waals surface area contributed by atoms with E-state index in [0.29, 0.717) is 23.4 Å². The maximum Gasteiger partial charge on any atom is 0.338 e. The number of esters is 2. The van der Waals surface area contributed by atoms with Gasteiger partial charge in [0.25, 0.3) is 0 Å². The Hall–Kier alpha value is -3.48. The number of carbonyl (C=O) groups excluding carboxylic acids is 4. The summed E-state index contributed by atoms with van der Waals surface area (Å²) < 4.78 is 10.4. The Balaban J connectivity index is 1.60. The Labute approximate surface area is 180 Å². The van der Waals surface area contributed by atoms with E-state index >= 15 is 0 Å². The molecule has 7 nitrogen and oxygen atoms in total. The van der Waals surface area contributed by atoms with Gasteiger partial charge in [0, 0.05) is 24.2 Å². The Morgan fingerprint density at radius 2 is 1.71 bits per heavy atom. The van der Waals surface area contributed by atoms with Gasteiger partial charge in [-0.15, -0.1) is 0 Å². The van der Waals surface area contributed by atoms with Crippen LogP contribution < -0.4 is 4.90 Å². The fourth-order valence-electron chi connectivity index (χ4n) is 3.33. The average Bonchev–Trinajstić information content (AvgIpc) is 3.19. The summed E-state index contributed by atoms with van der Waals surface area (Å²) in [7, 11) is 0. The van der Waals surface area contributed by atoms with Crippen LogP contribution in [-0.2, 0) is 19.1 Å². The number of Topliss-reactive ketones (excluding diaryl/α,β-unsaturated/α-hetero) is 1. The molecule has 7 heteroatoms. The number of hydrogen-bond donors (Lipinski definition) is 0. The molecule has 1 aliphatic rings. The van der Waals surface area contributed by atoms with E-state index < -0.39 is 24.0 Å². The normalized spacial score (nSPS) is 16.6. The Morgan fingerprint density at radius 1 is 1.03 bits per heavy atom. The van der Waals surface area contributed by atoms with Crippen molar-refractivity contribution in [3.05, 3.63) is 65.7 Å². The number of hydrogen-bond acceptors (Lipinski definition) is 6. The van der Waals surface area contributed by atoms with Crippen molar-refractivity contribution in [2.75, 3.05) is 18.1 Å².